The van der Waals surface area contributed by atoms with Crippen molar-refractivity contribution in [3.05, 3.63) is 54.2 Å². The maximum atomic E-state index is 11.4. The molecular formula is C28H42N2O. The third kappa shape index (κ3) is 6.66. The number of nitrogens with zero attached hydrogens (tertiary/aromatic N) is 2. The van der Waals surface area contributed by atoms with Crippen molar-refractivity contribution in [3.8, 4) is 12.8 Å². The first kappa shape index (κ1) is 26.9. The molecule has 31 heavy (non-hydrogen) atoms. The number of aliphatic hydroxyl groups is 1. The van der Waals surface area contributed by atoms with Crippen LogP contribution < -0.4 is 0 Å². The van der Waals surface area contributed by atoms with E-state index in [1.165, 1.54) is 5.56 Å². The number of pyridine rings is 1. The van der Waals surface area contributed by atoms with Gasteiger partial charge < -0.3 is 5.11 Å². The number of rotatable bonds is 7. The van der Waals surface area contributed by atoms with Gasteiger partial charge in [-0.2, -0.15) is 0 Å². The summed E-state index contributed by atoms with van der Waals surface area (Å²) in [6, 6.07) is 8.60. The average molecular weight is 423 g/mol. The van der Waals surface area contributed by atoms with Gasteiger partial charge in [0.05, 0.1) is 11.6 Å². The summed E-state index contributed by atoms with van der Waals surface area (Å²) in [5.41, 5.74) is 3.30. The maximum Gasteiger partial charge on any atom is 0.0952 e. The summed E-state index contributed by atoms with van der Waals surface area (Å²) >= 11 is 0. The Hall–Kier alpha value is -2.15. The van der Waals surface area contributed by atoms with E-state index in [0.29, 0.717) is 11.8 Å². The number of hydrogen-bond acceptors (Lipinski definition) is 3. The number of likely N-dealkylation sites (tertiary alicyclic amines) is 1. The van der Waals surface area contributed by atoms with Crippen LogP contribution >= 0.6 is 0 Å². The van der Waals surface area contributed by atoms with Crippen LogP contribution in [0.1, 0.15) is 71.1 Å². The van der Waals surface area contributed by atoms with E-state index >= 15 is 0 Å². The van der Waals surface area contributed by atoms with Gasteiger partial charge in [-0.1, -0.05) is 53.2 Å². The van der Waals surface area contributed by atoms with Gasteiger partial charge in [0.1, 0.15) is 0 Å². The molecule has 3 unspecified atom stereocenters. The van der Waals surface area contributed by atoms with Crippen molar-refractivity contribution in [2.45, 2.75) is 72.4 Å². The Balaban J connectivity index is 0.00000113. The first-order chi connectivity index (χ1) is 15.1. The van der Waals surface area contributed by atoms with Crippen LogP contribution in [-0.4, -0.2) is 34.1 Å². The summed E-state index contributed by atoms with van der Waals surface area (Å²) < 4.78 is 0. The third-order valence-corrected chi connectivity index (χ3v) is 6.30. The molecule has 1 aromatic heterocycles. The summed E-state index contributed by atoms with van der Waals surface area (Å²) in [5.74, 6) is 1.18. The molecule has 0 bridgehead atoms. The molecular weight excluding hydrogens is 380 g/mol. The molecule has 0 amide bonds. The Kier molecular flexibility index (Phi) is 12.2. The predicted octanol–water partition coefficient (Wildman–Crippen LogP) is 6.42. The highest BCUT2D eigenvalue weighted by atomic mass is 16.3. The number of terminal acetylenes is 1. The highest BCUT2D eigenvalue weighted by Crippen LogP contribution is 2.33. The highest BCUT2D eigenvalue weighted by molar-refractivity contribution is 5.83. The largest absolute Gasteiger partial charge is 0.387 e. The molecule has 0 radical (unpaired) electrons. The minimum Gasteiger partial charge on any atom is -0.387 e. The van der Waals surface area contributed by atoms with E-state index < -0.39 is 6.10 Å². The van der Waals surface area contributed by atoms with Crippen LogP contribution in [0.15, 0.2) is 43.1 Å². The molecule has 170 valence electrons. The molecule has 3 heteroatoms. The lowest BCUT2D eigenvalue weighted by Gasteiger charge is -2.42. The molecule has 0 spiro atoms. The molecule has 2 heterocycles. The van der Waals surface area contributed by atoms with E-state index in [-0.39, 0.29) is 6.04 Å². The molecule has 1 fully saturated rings. The molecule has 1 N–H and O–H groups in total. The second-order valence-electron chi connectivity index (χ2n) is 8.08. The number of aryl methyl sites for hydroxylation is 1. The number of fused-ring (bicyclic) bond motifs is 1. The summed E-state index contributed by atoms with van der Waals surface area (Å²) in [6.07, 6.45) is 15.7. The Labute approximate surface area is 190 Å². The third-order valence-electron chi connectivity index (χ3n) is 6.30. The van der Waals surface area contributed by atoms with E-state index in [4.69, 9.17) is 0 Å². The van der Waals surface area contributed by atoms with Gasteiger partial charge in [0.15, 0.2) is 0 Å². The molecule has 0 aliphatic carbocycles. The van der Waals surface area contributed by atoms with E-state index in [0.717, 1.165) is 55.2 Å². The van der Waals surface area contributed by atoms with E-state index in [9.17, 15) is 5.11 Å². The minimum atomic E-state index is -0.503. The maximum absolute atomic E-state index is 11.4. The standard InChI is InChI=1S/C24H34N2O.C2H6.C2H2/c1-5-8-18-9-10-22-21(15-18)20(11-13-25-22)24(27)23(7-3)26-14-12-17(4)19(6-2)16-26;2*1-2/h6,9-11,13,15,17,19,23-24,27H,2,5,7-8,12,14,16H2,1,3-4H3;1-2H3;1-2H/t17?,19?,23-,24?;;/m1../s1. The molecule has 1 aliphatic heterocycles. The van der Waals surface area contributed by atoms with Gasteiger partial charge in [-0.05, 0) is 67.0 Å². The number of aliphatic hydroxyl groups excluding tert-OH is 1. The predicted molar refractivity (Wildman–Crippen MR) is 135 cm³/mol. The minimum absolute atomic E-state index is 0.125. The van der Waals surface area contributed by atoms with Gasteiger partial charge in [0, 0.05) is 24.2 Å². The second-order valence-corrected chi connectivity index (χ2v) is 8.08. The van der Waals surface area contributed by atoms with Crippen LogP contribution in [0.5, 0.6) is 0 Å². The Morgan fingerprint density at radius 2 is 1.97 bits per heavy atom. The zero-order valence-corrected chi connectivity index (χ0v) is 20.2. The summed E-state index contributed by atoms with van der Waals surface area (Å²) in [5, 5.41) is 12.5. The number of benzene rings is 1. The smallest absolute Gasteiger partial charge is 0.0952 e. The van der Waals surface area contributed by atoms with Crippen molar-refractivity contribution in [3.63, 3.8) is 0 Å². The first-order valence-corrected chi connectivity index (χ1v) is 11.8. The van der Waals surface area contributed by atoms with Crippen LogP contribution in [0.25, 0.3) is 10.9 Å². The van der Waals surface area contributed by atoms with Crippen LogP contribution in [0, 0.1) is 24.7 Å². The lowest BCUT2D eigenvalue weighted by molar-refractivity contribution is 0.0169. The first-order valence-electron chi connectivity index (χ1n) is 11.8. The summed E-state index contributed by atoms with van der Waals surface area (Å²) in [6.45, 7) is 16.8. The molecule has 1 aromatic carbocycles. The molecule has 4 atom stereocenters. The molecule has 1 saturated heterocycles. The van der Waals surface area contributed by atoms with Gasteiger partial charge in [-0.15, -0.1) is 19.4 Å². The Morgan fingerprint density at radius 1 is 1.26 bits per heavy atom. The second kappa shape index (κ2) is 14.0. The average Bonchev–Trinajstić information content (AvgIpc) is 2.82. The quantitative estimate of drug-likeness (QED) is 0.413. The summed E-state index contributed by atoms with van der Waals surface area (Å²) in [4.78, 5) is 6.99. The van der Waals surface area contributed by atoms with Crippen molar-refractivity contribution in [1.82, 2.24) is 9.88 Å². The van der Waals surface area contributed by atoms with Crippen molar-refractivity contribution < 1.29 is 5.11 Å². The van der Waals surface area contributed by atoms with Crippen molar-refractivity contribution >= 4 is 10.9 Å². The lowest BCUT2D eigenvalue weighted by Crippen LogP contribution is -2.47. The number of piperidine rings is 1. The monoisotopic (exact) mass is 422 g/mol. The van der Waals surface area contributed by atoms with Crippen LogP contribution in [0.4, 0.5) is 0 Å². The summed E-state index contributed by atoms with van der Waals surface area (Å²) in [7, 11) is 0. The SMILES string of the molecule is C#C.C=CC1CN([C@H](CC)C(O)c2ccnc3ccc(CCC)cc23)CCC1C.CC. The zero-order valence-electron chi connectivity index (χ0n) is 20.2. The molecule has 3 nitrogen and oxygen atoms in total. The van der Waals surface area contributed by atoms with Crippen molar-refractivity contribution in [2.75, 3.05) is 13.1 Å². The number of aromatic nitrogens is 1. The van der Waals surface area contributed by atoms with Crippen molar-refractivity contribution in [2.24, 2.45) is 11.8 Å². The molecule has 2 aromatic rings. The molecule has 1 aliphatic rings. The van der Waals surface area contributed by atoms with E-state index in [1.54, 1.807) is 0 Å². The fourth-order valence-corrected chi connectivity index (χ4v) is 4.54. The topological polar surface area (TPSA) is 36.4 Å². The van der Waals surface area contributed by atoms with E-state index in [1.807, 2.05) is 26.1 Å². The highest BCUT2D eigenvalue weighted by Gasteiger charge is 2.32. The number of hydrogen-bond donors (Lipinski definition) is 1. The van der Waals surface area contributed by atoms with Crippen LogP contribution in [0.3, 0.4) is 0 Å². The van der Waals surface area contributed by atoms with Gasteiger partial charge in [-0.3, -0.25) is 9.88 Å². The zero-order chi connectivity index (χ0) is 23.4. The van der Waals surface area contributed by atoms with Gasteiger partial charge in [-0.25, -0.2) is 0 Å². The normalized spacial score (nSPS) is 20.5. The fraction of sp³-hybridized carbons (Fsp3) is 0.536. The van der Waals surface area contributed by atoms with E-state index in [2.05, 4.69) is 74.4 Å². The molecule has 3 rings (SSSR count). The van der Waals surface area contributed by atoms with Gasteiger partial charge >= 0.3 is 0 Å². The van der Waals surface area contributed by atoms with Gasteiger partial charge in [0.2, 0.25) is 0 Å². The Bertz CT molecular complexity index is 813. The lowest BCUT2D eigenvalue weighted by atomic mass is 9.85. The Morgan fingerprint density at radius 3 is 2.58 bits per heavy atom. The van der Waals surface area contributed by atoms with Gasteiger partial charge in [0.25, 0.3) is 0 Å². The van der Waals surface area contributed by atoms with Crippen LogP contribution in [0.2, 0.25) is 0 Å². The fourth-order valence-electron chi connectivity index (χ4n) is 4.54. The molecule has 0 saturated carbocycles. The van der Waals surface area contributed by atoms with Crippen molar-refractivity contribution in [1.29, 1.82) is 0 Å². The van der Waals surface area contributed by atoms with Crippen LogP contribution in [-0.2, 0) is 6.42 Å².